The minimum atomic E-state index is 0.0593. The predicted octanol–water partition coefficient (Wildman–Crippen LogP) is 0.964. The fourth-order valence-electron chi connectivity index (χ4n) is 2.90. The molecule has 0 radical (unpaired) electrons. The second-order valence-corrected chi connectivity index (χ2v) is 5.20. The number of allylic oxidation sites excluding steroid dienone is 1. The molecular weight excluding hydrogens is 240 g/mol. The summed E-state index contributed by atoms with van der Waals surface area (Å²) in [5.74, 6) is 0.455. The van der Waals surface area contributed by atoms with E-state index in [2.05, 4.69) is 39.9 Å². The maximum absolute atomic E-state index is 11.6. The number of carbonyl (C=O) groups is 1. The van der Waals surface area contributed by atoms with E-state index < -0.39 is 0 Å². The zero-order chi connectivity index (χ0) is 13.2. The van der Waals surface area contributed by atoms with Gasteiger partial charge in [0.05, 0.1) is 0 Å². The van der Waals surface area contributed by atoms with Crippen LogP contribution in [0.4, 0.5) is 0 Å². The molecule has 0 aromatic rings. The number of fused-ring (bicyclic) bond motifs is 3. The zero-order valence-corrected chi connectivity index (χ0v) is 11.2. The highest BCUT2D eigenvalue weighted by Gasteiger charge is 2.37. The molecule has 0 aliphatic carbocycles. The van der Waals surface area contributed by atoms with Gasteiger partial charge in [-0.25, -0.2) is 5.43 Å². The molecule has 1 saturated heterocycles. The van der Waals surface area contributed by atoms with Gasteiger partial charge in [0.1, 0.15) is 0 Å². The fraction of sp³-hybridized carbons (Fsp3) is 0.571. The third-order valence-electron chi connectivity index (χ3n) is 3.83. The number of carbonyl (C=O) groups excluding carboxylic acids is 1. The van der Waals surface area contributed by atoms with Gasteiger partial charge in [-0.3, -0.25) is 14.8 Å². The van der Waals surface area contributed by atoms with Gasteiger partial charge in [0.2, 0.25) is 5.91 Å². The number of piperidine rings is 1. The first-order valence-electron chi connectivity index (χ1n) is 7.00. The molecule has 5 nitrogen and oxygen atoms in total. The van der Waals surface area contributed by atoms with E-state index in [9.17, 15) is 4.79 Å². The summed E-state index contributed by atoms with van der Waals surface area (Å²) in [5.41, 5.74) is 5.91. The summed E-state index contributed by atoms with van der Waals surface area (Å²) >= 11 is 0. The van der Waals surface area contributed by atoms with Crippen molar-refractivity contribution in [1.82, 2.24) is 15.8 Å². The van der Waals surface area contributed by atoms with Crippen LogP contribution in [0.1, 0.15) is 26.2 Å². The van der Waals surface area contributed by atoms with E-state index in [1.54, 1.807) is 0 Å². The van der Waals surface area contributed by atoms with E-state index in [0.29, 0.717) is 18.9 Å². The molecule has 3 aliphatic rings. The quantitative estimate of drug-likeness (QED) is 0.743. The average molecular weight is 260 g/mol. The van der Waals surface area contributed by atoms with Crippen molar-refractivity contribution in [2.24, 2.45) is 10.9 Å². The van der Waals surface area contributed by atoms with Gasteiger partial charge in [-0.1, -0.05) is 13.0 Å². The highest BCUT2D eigenvalue weighted by molar-refractivity contribution is 5.80. The molecule has 5 heteroatoms. The molecule has 2 N–H and O–H groups in total. The van der Waals surface area contributed by atoms with E-state index in [1.165, 1.54) is 11.1 Å². The molecule has 0 aromatic heterocycles. The van der Waals surface area contributed by atoms with Crippen molar-refractivity contribution >= 4 is 12.1 Å². The Bertz CT molecular complexity index is 466. The van der Waals surface area contributed by atoms with Crippen LogP contribution in [-0.2, 0) is 4.79 Å². The van der Waals surface area contributed by atoms with Gasteiger partial charge in [-0.15, -0.1) is 0 Å². The number of amides is 1. The summed E-state index contributed by atoms with van der Waals surface area (Å²) in [6, 6.07) is 0. The van der Waals surface area contributed by atoms with Crippen LogP contribution in [-0.4, -0.2) is 36.4 Å². The number of nitrogens with one attached hydrogen (secondary N) is 2. The number of nitrogens with zero attached hydrogens (tertiary/aromatic N) is 2. The van der Waals surface area contributed by atoms with E-state index >= 15 is 0 Å². The molecule has 3 rings (SSSR count). The molecule has 0 saturated carbocycles. The molecule has 2 unspecified atom stereocenters. The van der Waals surface area contributed by atoms with Crippen LogP contribution in [0, 0.1) is 5.92 Å². The lowest BCUT2D eigenvalue weighted by Crippen LogP contribution is -2.51. The number of hydrazine groups is 1. The van der Waals surface area contributed by atoms with Crippen LogP contribution in [0.2, 0.25) is 0 Å². The second-order valence-electron chi connectivity index (χ2n) is 5.20. The topological polar surface area (TPSA) is 56.7 Å². The fourth-order valence-corrected chi connectivity index (χ4v) is 2.90. The maximum atomic E-state index is 11.6. The van der Waals surface area contributed by atoms with Crippen molar-refractivity contribution in [2.45, 2.75) is 32.4 Å². The molecule has 1 amide bonds. The molecule has 3 aliphatic heterocycles. The SMILES string of the molecule is CCCNN1C=C2CC(=O)NCC2C2=CCC=NC21. The van der Waals surface area contributed by atoms with Crippen molar-refractivity contribution in [3.05, 3.63) is 23.4 Å². The van der Waals surface area contributed by atoms with E-state index in [1.807, 2.05) is 6.21 Å². The standard InChI is InChI=1S/C14H20N4O/c1-2-5-17-18-9-10-7-13(19)16-8-12(10)11-4-3-6-15-14(11)18/h4,6,9,12,14,17H,2-3,5,7-8H2,1H3,(H,16,19). The first kappa shape index (κ1) is 12.4. The van der Waals surface area contributed by atoms with Gasteiger partial charge in [-0.05, 0) is 17.6 Å². The molecule has 19 heavy (non-hydrogen) atoms. The largest absolute Gasteiger partial charge is 0.355 e. The van der Waals surface area contributed by atoms with Gasteiger partial charge >= 0.3 is 0 Å². The lowest BCUT2D eigenvalue weighted by molar-refractivity contribution is -0.121. The molecule has 0 spiro atoms. The minimum Gasteiger partial charge on any atom is -0.355 e. The van der Waals surface area contributed by atoms with Crippen molar-refractivity contribution in [1.29, 1.82) is 0 Å². The first-order valence-corrected chi connectivity index (χ1v) is 7.00. The predicted molar refractivity (Wildman–Crippen MR) is 74.3 cm³/mol. The Hall–Kier alpha value is -1.62. The number of hydrogen-bond donors (Lipinski definition) is 2. The van der Waals surface area contributed by atoms with Crippen LogP contribution in [0.3, 0.4) is 0 Å². The monoisotopic (exact) mass is 260 g/mol. The summed E-state index contributed by atoms with van der Waals surface area (Å²) in [5, 5.41) is 5.03. The van der Waals surface area contributed by atoms with E-state index in [0.717, 1.165) is 19.4 Å². The maximum Gasteiger partial charge on any atom is 0.224 e. The molecular formula is C14H20N4O. The second kappa shape index (κ2) is 5.17. The first-order chi connectivity index (χ1) is 9.29. The Morgan fingerprint density at radius 1 is 1.58 bits per heavy atom. The van der Waals surface area contributed by atoms with Gasteiger partial charge in [0.15, 0.2) is 6.17 Å². The van der Waals surface area contributed by atoms with Crippen LogP contribution in [0.15, 0.2) is 28.4 Å². The number of aliphatic imine (C=N–C) groups is 1. The summed E-state index contributed by atoms with van der Waals surface area (Å²) < 4.78 is 0. The third kappa shape index (κ3) is 2.30. The summed E-state index contributed by atoms with van der Waals surface area (Å²) in [4.78, 5) is 16.2. The Balaban J connectivity index is 1.90. The van der Waals surface area contributed by atoms with Gasteiger partial charge in [-0.2, -0.15) is 0 Å². The normalized spacial score (nSPS) is 29.1. The number of dihydropyridines is 1. The molecule has 0 bridgehead atoms. The summed E-state index contributed by atoms with van der Waals surface area (Å²) in [6.07, 6.45) is 8.84. The van der Waals surface area contributed by atoms with Crippen molar-refractivity contribution in [2.75, 3.05) is 13.1 Å². The smallest absolute Gasteiger partial charge is 0.224 e. The average Bonchev–Trinajstić information content (AvgIpc) is 2.44. The third-order valence-corrected chi connectivity index (χ3v) is 3.83. The highest BCUT2D eigenvalue weighted by atomic mass is 16.1. The van der Waals surface area contributed by atoms with Crippen molar-refractivity contribution in [3.8, 4) is 0 Å². The molecule has 3 heterocycles. The summed E-state index contributed by atoms with van der Waals surface area (Å²) in [7, 11) is 0. The Morgan fingerprint density at radius 2 is 2.47 bits per heavy atom. The lowest BCUT2D eigenvalue weighted by Gasteiger charge is -2.42. The Morgan fingerprint density at radius 3 is 3.32 bits per heavy atom. The van der Waals surface area contributed by atoms with E-state index in [4.69, 9.17) is 0 Å². The Kier molecular flexibility index (Phi) is 3.38. The van der Waals surface area contributed by atoms with E-state index in [-0.39, 0.29) is 12.1 Å². The van der Waals surface area contributed by atoms with Crippen LogP contribution < -0.4 is 10.7 Å². The Labute approximate surface area is 113 Å². The molecule has 102 valence electrons. The minimum absolute atomic E-state index is 0.0593. The zero-order valence-electron chi connectivity index (χ0n) is 11.2. The summed E-state index contributed by atoms with van der Waals surface area (Å²) in [6.45, 7) is 3.77. The molecule has 0 aromatic carbocycles. The lowest BCUT2D eigenvalue weighted by atomic mass is 9.81. The van der Waals surface area contributed by atoms with Crippen molar-refractivity contribution in [3.63, 3.8) is 0 Å². The van der Waals surface area contributed by atoms with Gasteiger partial charge in [0.25, 0.3) is 0 Å². The van der Waals surface area contributed by atoms with Crippen LogP contribution in [0.25, 0.3) is 0 Å². The van der Waals surface area contributed by atoms with Crippen LogP contribution >= 0.6 is 0 Å². The van der Waals surface area contributed by atoms with Crippen molar-refractivity contribution < 1.29 is 4.79 Å². The van der Waals surface area contributed by atoms with Gasteiger partial charge < -0.3 is 5.32 Å². The van der Waals surface area contributed by atoms with Crippen LogP contribution in [0.5, 0.6) is 0 Å². The number of hydrogen-bond acceptors (Lipinski definition) is 4. The molecule has 1 fully saturated rings. The highest BCUT2D eigenvalue weighted by Crippen LogP contribution is 2.36. The van der Waals surface area contributed by atoms with Gasteiger partial charge in [0, 0.05) is 44.3 Å². The number of rotatable bonds is 3. The molecule has 2 atom stereocenters.